The van der Waals surface area contributed by atoms with E-state index in [1.807, 2.05) is 49.4 Å². The molecule has 0 bridgehead atoms. The highest BCUT2D eigenvalue weighted by Gasteiger charge is 2.43. The number of benzene rings is 2. The normalized spacial score (nSPS) is 22.8. The number of carbonyl (C=O) groups excluding carboxylic acids is 3. The van der Waals surface area contributed by atoms with Crippen LogP contribution in [0.5, 0.6) is 0 Å². The summed E-state index contributed by atoms with van der Waals surface area (Å²) in [5.41, 5.74) is 8.45. The van der Waals surface area contributed by atoms with Gasteiger partial charge in [-0.15, -0.1) is 0 Å². The van der Waals surface area contributed by atoms with E-state index < -0.39 is 6.17 Å². The largest absolute Gasteiger partial charge is 0.350 e. The van der Waals surface area contributed by atoms with E-state index >= 15 is 0 Å². The molecular weight excluding hydrogens is 416 g/mol. The van der Waals surface area contributed by atoms with Gasteiger partial charge in [-0.2, -0.15) is 0 Å². The molecule has 2 aromatic carbocycles. The lowest BCUT2D eigenvalue weighted by Crippen LogP contribution is -2.56. The molecule has 1 saturated carbocycles. The number of rotatable bonds is 5. The van der Waals surface area contributed by atoms with Gasteiger partial charge in [0.05, 0.1) is 6.42 Å². The summed E-state index contributed by atoms with van der Waals surface area (Å²) < 4.78 is 0. The Bertz CT molecular complexity index is 984. The van der Waals surface area contributed by atoms with E-state index in [4.69, 9.17) is 5.73 Å². The smallest absolute Gasteiger partial charge is 0.264 e. The van der Waals surface area contributed by atoms with E-state index in [0.717, 1.165) is 36.8 Å². The summed E-state index contributed by atoms with van der Waals surface area (Å²) in [6.07, 6.45) is 2.57. The molecule has 1 atom stereocenters. The second-order valence-electron chi connectivity index (χ2n) is 9.11. The first-order valence-electron chi connectivity index (χ1n) is 11.7. The minimum Gasteiger partial charge on any atom is -0.350 e. The Hall–Kier alpha value is -3.19. The lowest BCUT2D eigenvalue weighted by Gasteiger charge is -2.33. The number of aryl methyl sites for hydroxylation is 1. The van der Waals surface area contributed by atoms with Gasteiger partial charge in [0.2, 0.25) is 5.91 Å². The summed E-state index contributed by atoms with van der Waals surface area (Å²) in [5, 5.41) is 3.09. The van der Waals surface area contributed by atoms with E-state index in [2.05, 4.69) is 5.32 Å². The predicted molar refractivity (Wildman–Crippen MR) is 126 cm³/mol. The Morgan fingerprint density at radius 3 is 2.21 bits per heavy atom. The van der Waals surface area contributed by atoms with Crippen LogP contribution in [0.25, 0.3) is 0 Å². The van der Waals surface area contributed by atoms with Crippen molar-refractivity contribution in [1.82, 2.24) is 15.1 Å². The average molecular weight is 449 g/mol. The van der Waals surface area contributed by atoms with Gasteiger partial charge in [0, 0.05) is 30.7 Å². The number of nitrogens with one attached hydrogen (secondary N) is 1. The highest BCUT2D eigenvalue weighted by atomic mass is 16.2. The minimum atomic E-state index is -0.953. The Balaban J connectivity index is 1.54. The fraction of sp³-hybridized carbons (Fsp3) is 0.423. The summed E-state index contributed by atoms with van der Waals surface area (Å²) in [5.74, 6) is -0.697. The van der Waals surface area contributed by atoms with Gasteiger partial charge < -0.3 is 20.9 Å². The van der Waals surface area contributed by atoms with Crippen LogP contribution in [0.2, 0.25) is 0 Å². The zero-order chi connectivity index (χ0) is 23.4. The monoisotopic (exact) mass is 448 g/mol. The molecule has 3 N–H and O–H groups in total. The van der Waals surface area contributed by atoms with Gasteiger partial charge in [-0.3, -0.25) is 14.4 Å². The fourth-order valence-corrected chi connectivity index (χ4v) is 4.66. The van der Waals surface area contributed by atoms with Crippen molar-refractivity contribution in [1.29, 1.82) is 0 Å². The van der Waals surface area contributed by atoms with Crippen molar-refractivity contribution < 1.29 is 14.4 Å². The van der Waals surface area contributed by atoms with Crippen molar-refractivity contribution in [2.45, 2.75) is 57.3 Å². The Kier molecular flexibility index (Phi) is 7.08. The quantitative estimate of drug-likeness (QED) is 0.733. The first kappa shape index (κ1) is 23.0. The van der Waals surface area contributed by atoms with Crippen LogP contribution in [0.3, 0.4) is 0 Å². The van der Waals surface area contributed by atoms with Crippen molar-refractivity contribution in [2.75, 3.05) is 13.1 Å². The second kappa shape index (κ2) is 10.2. The highest BCUT2D eigenvalue weighted by Crippen LogP contribution is 2.22. The third kappa shape index (κ3) is 5.42. The van der Waals surface area contributed by atoms with Crippen LogP contribution in [0.1, 0.15) is 47.2 Å². The molecule has 7 nitrogen and oxygen atoms in total. The van der Waals surface area contributed by atoms with Crippen molar-refractivity contribution in [2.24, 2.45) is 5.73 Å². The van der Waals surface area contributed by atoms with Crippen LogP contribution in [0.4, 0.5) is 0 Å². The minimum absolute atomic E-state index is 0.0142. The summed E-state index contributed by atoms with van der Waals surface area (Å²) in [4.78, 5) is 43.0. The summed E-state index contributed by atoms with van der Waals surface area (Å²) in [7, 11) is 0. The third-order valence-corrected chi connectivity index (χ3v) is 6.60. The molecule has 174 valence electrons. The lowest BCUT2D eigenvalue weighted by atomic mass is 9.92. The molecule has 1 aliphatic carbocycles. The van der Waals surface area contributed by atoms with Crippen molar-refractivity contribution in [3.8, 4) is 0 Å². The maximum absolute atomic E-state index is 13.4. The van der Waals surface area contributed by atoms with Gasteiger partial charge in [0.1, 0.15) is 0 Å². The maximum atomic E-state index is 13.4. The highest BCUT2D eigenvalue weighted by molar-refractivity contribution is 5.99. The SMILES string of the molecule is Cc1ccc(C(=O)N2CCN(C(=O)Cc3ccccc3)C2C(=O)NC2CCC(N)CC2)cc1. The van der Waals surface area contributed by atoms with E-state index in [-0.39, 0.29) is 36.2 Å². The second-order valence-corrected chi connectivity index (χ2v) is 9.11. The van der Waals surface area contributed by atoms with Crippen LogP contribution >= 0.6 is 0 Å². The molecule has 1 unspecified atom stereocenters. The number of nitrogens with zero attached hydrogens (tertiary/aromatic N) is 2. The van der Waals surface area contributed by atoms with Gasteiger partial charge in [0.15, 0.2) is 6.17 Å². The van der Waals surface area contributed by atoms with Crippen molar-refractivity contribution in [3.05, 3.63) is 71.3 Å². The summed E-state index contributed by atoms with van der Waals surface area (Å²) >= 11 is 0. The first-order chi connectivity index (χ1) is 15.9. The number of hydrogen-bond acceptors (Lipinski definition) is 4. The lowest BCUT2D eigenvalue weighted by molar-refractivity contribution is -0.141. The molecule has 2 fully saturated rings. The molecule has 7 heteroatoms. The molecule has 33 heavy (non-hydrogen) atoms. The van der Waals surface area contributed by atoms with Crippen LogP contribution in [0, 0.1) is 6.92 Å². The van der Waals surface area contributed by atoms with Gasteiger partial charge in [-0.05, 0) is 50.3 Å². The molecule has 3 amide bonds. The van der Waals surface area contributed by atoms with Crippen LogP contribution in [-0.2, 0) is 16.0 Å². The van der Waals surface area contributed by atoms with Crippen LogP contribution in [-0.4, -0.2) is 58.9 Å². The van der Waals surface area contributed by atoms with Crippen LogP contribution < -0.4 is 11.1 Å². The van der Waals surface area contributed by atoms with Crippen molar-refractivity contribution >= 4 is 17.7 Å². The van der Waals surface area contributed by atoms with E-state index in [1.165, 1.54) is 4.90 Å². The van der Waals surface area contributed by atoms with Crippen LogP contribution in [0.15, 0.2) is 54.6 Å². The van der Waals surface area contributed by atoms with Crippen molar-refractivity contribution in [3.63, 3.8) is 0 Å². The Morgan fingerprint density at radius 2 is 1.55 bits per heavy atom. The molecule has 1 saturated heterocycles. The van der Waals surface area contributed by atoms with Gasteiger partial charge in [-0.25, -0.2) is 0 Å². The van der Waals surface area contributed by atoms with E-state index in [1.54, 1.807) is 17.0 Å². The summed E-state index contributed by atoms with van der Waals surface area (Å²) in [6.45, 7) is 2.61. The molecule has 1 aliphatic heterocycles. The summed E-state index contributed by atoms with van der Waals surface area (Å²) in [6, 6.07) is 16.9. The molecule has 2 aromatic rings. The Labute approximate surface area is 194 Å². The van der Waals surface area contributed by atoms with E-state index in [0.29, 0.717) is 18.7 Å². The average Bonchev–Trinajstić information content (AvgIpc) is 3.27. The molecule has 0 radical (unpaired) electrons. The standard InChI is InChI=1S/C26H32N4O3/c1-18-7-9-20(10-8-18)26(33)30-16-15-29(23(31)17-19-5-3-2-4-6-19)25(30)24(32)28-22-13-11-21(27)12-14-22/h2-10,21-22,25H,11-17,27H2,1H3,(H,28,32). The fourth-order valence-electron chi connectivity index (χ4n) is 4.66. The van der Waals surface area contributed by atoms with Gasteiger partial charge in [-0.1, -0.05) is 48.0 Å². The van der Waals surface area contributed by atoms with E-state index in [9.17, 15) is 14.4 Å². The molecule has 1 heterocycles. The topological polar surface area (TPSA) is 95.7 Å². The predicted octanol–water partition coefficient (Wildman–Crippen LogP) is 2.23. The third-order valence-electron chi connectivity index (χ3n) is 6.60. The van der Waals surface area contributed by atoms with Gasteiger partial charge >= 0.3 is 0 Å². The molecule has 4 rings (SSSR count). The molecule has 0 spiro atoms. The molecular formula is C26H32N4O3. The zero-order valence-corrected chi connectivity index (χ0v) is 19.1. The number of amides is 3. The Morgan fingerprint density at radius 1 is 0.909 bits per heavy atom. The maximum Gasteiger partial charge on any atom is 0.264 e. The zero-order valence-electron chi connectivity index (χ0n) is 19.1. The molecule has 2 aliphatic rings. The first-order valence-corrected chi connectivity index (χ1v) is 11.7. The van der Waals surface area contributed by atoms with Gasteiger partial charge in [0.25, 0.3) is 11.8 Å². The number of carbonyl (C=O) groups is 3. The molecule has 0 aromatic heterocycles. The number of nitrogens with two attached hydrogens (primary N) is 1. The number of hydrogen-bond donors (Lipinski definition) is 2.